The van der Waals surface area contributed by atoms with E-state index in [2.05, 4.69) is 12.1 Å². The van der Waals surface area contributed by atoms with Crippen LogP contribution < -0.4 is 10.6 Å². The molecule has 3 aromatic carbocycles. The van der Waals surface area contributed by atoms with Crippen molar-refractivity contribution in [2.24, 2.45) is 0 Å². The van der Waals surface area contributed by atoms with Crippen molar-refractivity contribution in [3.8, 4) is 0 Å². The molecule has 0 amide bonds. The number of aliphatic hydroxyl groups excluding tert-OH is 1. The first-order chi connectivity index (χ1) is 15.1. The fourth-order valence-electron chi connectivity index (χ4n) is 5.20. The zero-order chi connectivity index (χ0) is 21.7. The highest BCUT2D eigenvalue weighted by atomic mass is 31.2. The summed E-state index contributed by atoms with van der Waals surface area (Å²) < 4.78 is 20.9. The first kappa shape index (κ1) is 22.0. The van der Waals surface area contributed by atoms with E-state index in [9.17, 15) is 9.67 Å². The van der Waals surface area contributed by atoms with Crippen molar-refractivity contribution in [1.29, 1.82) is 0 Å². The third-order valence-electron chi connectivity index (χ3n) is 6.81. The van der Waals surface area contributed by atoms with E-state index in [1.807, 2.05) is 78.9 Å². The van der Waals surface area contributed by atoms with Crippen molar-refractivity contribution in [3.05, 3.63) is 96.6 Å². The molecule has 0 aliphatic heterocycles. The number of rotatable bonds is 7. The Kier molecular flexibility index (Phi) is 6.77. The van der Waals surface area contributed by atoms with Gasteiger partial charge >= 0.3 is 0 Å². The van der Waals surface area contributed by atoms with Gasteiger partial charge in [-0.05, 0) is 18.4 Å². The molecule has 0 bridgehead atoms. The van der Waals surface area contributed by atoms with Crippen molar-refractivity contribution in [2.45, 2.75) is 49.5 Å². The second-order valence-electron chi connectivity index (χ2n) is 8.48. The Morgan fingerprint density at radius 2 is 1.23 bits per heavy atom. The fourth-order valence-corrected chi connectivity index (χ4v) is 8.29. The molecule has 0 spiro atoms. The van der Waals surface area contributed by atoms with Crippen LogP contribution >= 0.6 is 7.14 Å². The first-order valence-electron chi connectivity index (χ1n) is 11.1. The lowest BCUT2D eigenvalue weighted by molar-refractivity contribution is -0.0278. The average Bonchev–Trinajstić information content (AvgIpc) is 2.86. The van der Waals surface area contributed by atoms with Crippen molar-refractivity contribution in [2.75, 3.05) is 7.11 Å². The summed E-state index contributed by atoms with van der Waals surface area (Å²) >= 11 is 0. The van der Waals surface area contributed by atoms with Crippen molar-refractivity contribution < 1.29 is 14.4 Å². The van der Waals surface area contributed by atoms with E-state index in [1.54, 1.807) is 7.11 Å². The molecule has 0 saturated heterocycles. The second kappa shape index (κ2) is 9.53. The van der Waals surface area contributed by atoms with Gasteiger partial charge in [0, 0.05) is 23.1 Å². The third kappa shape index (κ3) is 4.03. The molecule has 1 fully saturated rings. The molecule has 0 radical (unpaired) electrons. The van der Waals surface area contributed by atoms with Crippen molar-refractivity contribution >= 4 is 17.8 Å². The number of ether oxygens (including phenoxy) is 1. The van der Waals surface area contributed by atoms with Gasteiger partial charge in [-0.1, -0.05) is 110 Å². The van der Waals surface area contributed by atoms with Gasteiger partial charge in [-0.2, -0.15) is 0 Å². The van der Waals surface area contributed by atoms with Gasteiger partial charge in [-0.3, -0.25) is 0 Å². The number of methoxy groups -OCH3 is 1. The molecule has 2 unspecified atom stereocenters. The quantitative estimate of drug-likeness (QED) is 0.518. The van der Waals surface area contributed by atoms with Gasteiger partial charge in [-0.25, -0.2) is 0 Å². The largest absolute Gasteiger partial charge is 0.389 e. The highest BCUT2D eigenvalue weighted by Crippen LogP contribution is 2.55. The molecule has 4 heteroatoms. The summed E-state index contributed by atoms with van der Waals surface area (Å²) in [5.74, 6) is -0.837. The fraction of sp³-hybridized carbons (Fsp3) is 0.333. The minimum Gasteiger partial charge on any atom is -0.389 e. The summed E-state index contributed by atoms with van der Waals surface area (Å²) in [5, 5.41) is 13.4. The zero-order valence-electron chi connectivity index (χ0n) is 18.1. The predicted molar refractivity (Wildman–Crippen MR) is 128 cm³/mol. The molecule has 2 atom stereocenters. The normalized spacial score (nSPS) is 18.3. The maximum atomic E-state index is 14.9. The molecule has 0 aromatic heterocycles. The molecule has 1 aliphatic carbocycles. The molecule has 31 heavy (non-hydrogen) atoms. The third-order valence-corrected chi connectivity index (χ3v) is 10.2. The van der Waals surface area contributed by atoms with Crippen LogP contribution in [0.4, 0.5) is 0 Å². The number of hydrogen-bond acceptors (Lipinski definition) is 3. The maximum absolute atomic E-state index is 14.9. The van der Waals surface area contributed by atoms with Crippen LogP contribution in [-0.2, 0) is 14.7 Å². The molecular formula is C27H31O3P. The highest BCUT2D eigenvalue weighted by Gasteiger charge is 2.51. The average molecular weight is 435 g/mol. The van der Waals surface area contributed by atoms with E-state index < -0.39 is 24.5 Å². The molecule has 1 aliphatic rings. The Hall–Kier alpha value is -2.19. The lowest BCUT2D eigenvalue weighted by atomic mass is 9.66. The van der Waals surface area contributed by atoms with Gasteiger partial charge < -0.3 is 14.4 Å². The maximum Gasteiger partial charge on any atom is 0.173 e. The van der Waals surface area contributed by atoms with Crippen LogP contribution in [0.5, 0.6) is 0 Å². The Balaban J connectivity index is 1.87. The van der Waals surface area contributed by atoms with Gasteiger partial charge in [-0.15, -0.1) is 0 Å². The Morgan fingerprint density at radius 3 is 1.68 bits per heavy atom. The van der Waals surface area contributed by atoms with Gasteiger partial charge in [0.2, 0.25) is 0 Å². The number of benzene rings is 3. The molecule has 0 heterocycles. The van der Waals surface area contributed by atoms with Crippen LogP contribution in [-0.4, -0.2) is 24.2 Å². The molecule has 4 rings (SSSR count). The molecule has 162 valence electrons. The standard InChI is InChI=1S/C27H31O3P/c1-30-26(25(28)27(20-12-5-13-21-27)22-14-6-2-7-15-22)31(29,23-16-8-3-9-17-23)24-18-10-4-11-19-24/h2-4,6-11,14-19,25-26,28H,5,12-13,20-21H2,1H3. The summed E-state index contributed by atoms with van der Waals surface area (Å²) in [6, 6.07) is 29.2. The van der Waals surface area contributed by atoms with E-state index >= 15 is 0 Å². The topological polar surface area (TPSA) is 46.5 Å². The minimum atomic E-state index is -3.29. The van der Waals surface area contributed by atoms with E-state index in [0.717, 1.165) is 37.7 Å². The van der Waals surface area contributed by atoms with Gasteiger partial charge in [0.05, 0.1) is 6.10 Å². The molecule has 1 N–H and O–H groups in total. The summed E-state index contributed by atoms with van der Waals surface area (Å²) in [7, 11) is -1.71. The lowest BCUT2D eigenvalue weighted by Crippen LogP contribution is -2.50. The van der Waals surface area contributed by atoms with E-state index in [-0.39, 0.29) is 0 Å². The zero-order valence-corrected chi connectivity index (χ0v) is 19.0. The monoisotopic (exact) mass is 434 g/mol. The van der Waals surface area contributed by atoms with Gasteiger partial charge in [0.1, 0.15) is 5.85 Å². The van der Waals surface area contributed by atoms with Crippen LogP contribution in [0.3, 0.4) is 0 Å². The van der Waals surface area contributed by atoms with E-state index in [4.69, 9.17) is 4.74 Å². The summed E-state index contributed by atoms with van der Waals surface area (Å²) in [4.78, 5) is 0. The van der Waals surface area contributed by atoms with Crippen LogP contribution in [0, 0.1) is 0 Å². The summed E-state index contributed by atoms with van der Waals surface area (Å²) in [6.07, 6.45) is 4.08. The lowest BCUT2D eigenvalue weighted by Gasteiger charge is -2.46. The molecule has 3 aromatic rings. The molecule has 3 nitrogen and oxygen atoms in total. The Bertz CT molecular complexity index is 955. The van der Waals surface area contributed by atoms with Crippen molar-refractivity contribution in [3.63, 3.8) is 0 Å². The first-order valence-corrected chi connectivity index (χ1v) is 12.9. The van der Waals surface area contributed by atoms with Crippen LogP contribution in [0.2, 0.25) is 0 Å². The second-order valence-corrected chi connectivity index (χ2v) is 11.3. The summed E-state index contributed by atoms with van der Waals surface area (Å²) in [5.41, 5.74) is 0.635. The van der Waals surface area contributed by atoms with Gasteiger partial charge in [0.15, 0.2) is 7.14 Å². The van der Waals surface area contributed by atoms with Crippen LogP contribution in [0.15, 0.2) is 91.0 Å². The van der Waals surface area contributed by atoms with E-state index in [0.29, 0.717) is 10.6 Å². The number of aliphatic hydroxyl groups is 1. The van der Waals surface area contributed by atoms with Gasteiger partial charge in [0.25, 0.3) is 0 Å². The molecule has 1 saturated carbocycles. The van der Waals surface area contributed by atoms with E-state index in [1.165, 1.54) is 0 Å². The minimum absolute atomic E-state index is 0.473. The van der Waals surface area contributed by atoms with Crippen molar-refractivity contribution in [1.82, 2.24) is 0 Å². The highest BCUT2D eigenvalue weighted by molar-refractivity contribution is 7.79. The summed E-state index contributed by atoms with van der Waals surface area (Å²) in [6.45, 7) is 0. The van der Waals surface area contributed by atoms with Crippen LogP contribution in [0.1, 0.15) is 37.7 Å². The Labute approximate surface area is 185 Å². The Morgan fingerprint density at radius 1 is 0.774 bits per heavy atom. The smallest absolute Gasteiger partial charge is 0.173 e. The molecular weight excluding hydrogens is 403 g/mol. The predicted octanol–water partition coefficient (Wildman–Crippen LogP) is 5.24. The van der Waals surface area contributed by atoms with Crippen LogP contribution in [0.25, 0.3) is 0 Å². The SMILES string of the molecule is COC(C(O)C1(c2ccccc2)CCCCC1)P(=O)(c1ccccc1)c1ccccc1. The number of hydrogen-bond donors (Lipinski definition) is 1.